The van der Waals surface area contributed by atoms with Crippen molar-refractivity contribution in [2.45, 2.75) is 13.3 Å². The van der Waals surface area contributed by atoms with Crippen molar-refractivity contribution in [2.24, 2.45) is 10.9 Å². The number of rotatable bonds is 5. The van der Waals surface area contributed by atoms with E-state index in [1.807, 2.05) is 31.2 Å². The number of carbonyl (C=O) groups excluding carboxylic acids is 3. The Morgan fingerprint density at radius 3 is 2.48 bits per heavy atom. The second-order valence-electron chi connectivity index (χ2n) is 5.90. The van der Waals surface area contributed by atoms with Crippen LogP contribution in [-0.4, -0.2) is 31.2 Å². The van der Waals surface area contributed by atoms with Crippen LogP contribution in [0.5, 0.6) is 5.75 Å². The molecule has 0 aromatic heterocycles. The Balaban J connectivity index is 1.89. The summed E-state index contributed by atoms with van der Waals surface area (Å²) in [6, 6.07) is 13.1. The molecule has 1 aliphatic heterocycles. The van der Waals surface area contributed by atoms with E-state index in [0.717, 1.165) is 16.9 Å². The van der Waals surface area contributed by atoms with Crippen molar-refractivity contribution in [2.75, 3.05) is 12.0 Å². The maximum atomic E-state index is 12.8. The number of methoxy groups -OCH3 is 1. The average molecular weight is 365 g/mol. The highest BCUT2D eigenvalue weighted by molar-refractivity contribution is 6.32. The normalized spacial score (nSPS) is 17.3. The standard InChI is InChI=1S/C20H19N3O4/c1-3-13-6-4-5-7-17(13)21-12-16-18(24)22-20(26)23(19(16)25)14-8-10-15(27-2)11-9-14/h4-12,16H,3H2,1-2H3,(H,22,24,26)/t16-/m1/s1. The van der Waals surface area contributed by atoms with E-state index >= 15 is 0 Å². The van der Waals surface area contributed by atoms with Crippen molar-refractivity contribution < 1.29 is 19.1 Å². The summed E-state index contributed by atoms with van der Waals surface area (Å²) in [7, 11) is 1.52. The van der Waals surface area contributed by atoms with Crippen LogP contribution >= 0.6 is 0 Å². The van der Waals surface area contributed by atoms with E-state index in [4.69, 9.17) is 4.74 Å². The van der Waals surface area contributed by atoms with Gasteiger partial charge in [0.2, 0.25) is 5.91 Å². The van der Waals surface area contributed by atoms with Gasteiger partial charge in [0.1, 0.15) is 5.75 Å². The zero-order valence-corrected chi connectivity index (χ0v) is 15.0. The number of aliphatic imine (C=N–C) groups is 1. The average Bonchev–Trinajstić information content (AvgIpc) is 2.68. The van der Waals surface area contributed by atoms with Gasteiger partial charge in [-0.15, -0.1) is 0 Å². The highest BCUT2D eigenvalue weighted by Crippen LogP contribution is 2.24. The largest absolute Gasteiger partial charge is 0.497 e. The fourth-order valence-electron chi connectivity index (χ4n) is 2.79. The molecule has 2 aromatic carbocycles. The van der Waals surface area contributed by atoms with Crippen molar-refractivity contribution in [1.82, 2.24) is 5.32 Å². The maximum absolute atomic E-state index is 12.8. The number of nitrogens with zero attached hydrogens (tertiary/aromatic N) is 2. The van der Waals surface area contributed by atoms with E-state index in [-0.39, 0.29) is 0 Å². The zero-order valence-electron chi connectivity index (χ0n) is 15.0. The number of hydrogen-bond donors (Lipinski definition) is 1. The summed E-state index contributed by atoms with van der Waals surface area (Å²) in [5.41, 5.74) is 2.03. The van der Waals surface area contributed by atoms with Gasteiger partial charge in [0.25, 0.3) is 5.91 Å². The van der Waals surface area contributed by atoms with Gasteiger partial charge in [-0.1, -0.05) is 25.1 Å². The first-order chi connectivity index (χ1) is 13.0. The fourth-order valence-corrected chi connectivity index (χ4v) is 2.79. The third kappa shape index (κ3) is 3.72. The van der Waals surface area contributed by atoms with Gasteiger partial charge in [-0.3, -0.25) is 19.9 Å². The molecule has 1 aliphatic rings. The summed E-state index contributed by atoms with van der Waals surface area (Å²) in [6.07, 6.45) is 2.06. The molecule has 0 unspecified atom stereocenters. The van der Waals surface area contributed by atoms with Crippen LogP contribution in [0.3, 0.4) is 0 Å². The summed E-state index contributed by atoms with van der Waals surface area (Å²) in [4.78, 5) is 42.4. The summed E-state index contributed by atoms with van der Waals surface area (Å²) in [5.74, 6) is -1.93. The summed E-state index contributed by atoms with van der Waals surface area (Å²) in [5, 5.41) is 2.21. The van der Waals surface area contributed by atoms with Crippen LogP contribution < -0.4 is 15.0 Å². The lowest BCUT2D eigenvalue weighted by Crippen LogP contribution is -2.58. The minimum atomic E-state index is -1.19. The van der Waals surface area contributed by atoms with Gasteiger partial charge < -0.3 is 4.74 Å². The Hall–Kier alpha value is -3.48. The van der Waals surface area contributed by atoms with Crippen molar-refractivity contribution in [3.8, 4) is 5.75 Å². The lowest BCUT2D eigenvalue weighted by Gasteiger charge is -2.28. The van der Waals surface area contributed by atoms with E-state index in [9.17, 15) is 14.4 Å². The van der Waals surface area contributed by atoms with Crippen molar-refractivity contribution in [1.29, 1.82) is 0 Å². The van der Waals surface area contributed by atoms with E-state index in [1.165, 1.54) is 13.3 Å². The molecule has 4 amide bonds. The molecule has 1 fully saturated rings. The molecule has 0 spiro atoms. The highest BCUT2D eigenvalue weighted by atomic mass is 16.5. The number of benzene rings is 2. The van der Waals surface area contributed by atoms with Gasteiger partial charge in [-0.05, 0) is 42.3 Å². The number of carbonyl (C=O) groups is 3. The maximum Gasteiger partial charge on any atom is 0.335 e. The third-order valence-electron chi connectivity index (χ3n) is 4.27. The van der Waals surface area contributed by atoms with Gasteiger partial charge in [0, 0.05) is 6.21 Å². The van der Waals surface area contributed by atoms with Crippen molar-refractivity contribution >= 4 is 35.4 Å². The summed E-state index contributed by atoms with van der Waals surface area (Å²) in [6.45, 7) is 2.00. The molecule has 0 radical (unpaired) electrons. The zero-order chi connectivity index (χ0) is 19.4. The molecule has 138 valence electrons. The molecule has 1 atom stereocenters. The molecular formula is C20H19N3O4. The second-order valence-corrected chi connectivity index (χ2v) is 5.90. The second kappa shape index (κ2) is 7.82. The van der Waals surface area contributed by atoms with Crippen LogP contribution in [0, 0.1) is 5.92 Å². The molecule has 1 N–H and O–H groups in total. The Labute approximate surface area is 156 Å². The van der Waals surface area contributed by atoms with E-state index < -0.39 is 23.8 Å². The lowest BCUT2D eigenvalue weighted by atomic mass is 10.1. The topological polar surface area (TPSA) is 88.1 Å². The number of para-hydroxylation sites is 1. The predicted molar refractivity (Wildman–Crippen MR) is 101 cm³/mol. The van der Waals surface area contributed by atoms with E-state index in [1.54, 1.807) is 24.3 Å². The Kier molecular flexibility index (Phi) is 5.30. The molecule has 0 aliphatic carbocycles. The van der Waals surface area contributed by atoms with Crippen LogP contribution in [-0.2, 0) is 16.0 Å². The smallest absolute Gasteiger partial charge is 0.335 e. The number of urea groups is 1. The number of hydrogen-bond acceptors (Lipinski definition) is 5. The van der Waals surface area contributed by atoms with Gasteiger partial charge in [-0.25, -0.2) is 9.69 Å². The first-order valence-corrected chi connectivity index (χ1v) is 8.50. The number of anilines is 1. The summed E-state index contributed by atoms with van der Waals surface area (Å²) < 4.78 is 5.08. The first-order valence-electron chi connectivity index (χ1n) is 8.50. The van der Waals surface area contributed by atoms with E-state index in [0.29, 0.717) is 17.1 Å². The number of ether oxygens (including phenoxy) is 1. The number of nitrogens with one attached hydrogen (secondary N) is 1. The number of barbiturate groups is 1. The van der Waals surface area contributed by atoms with Crippen LogP contribution in [0.4, 0.5) is 16.2 Å². The molecule has 1 saturated heterocycles. The van der Waals surface area contributed by atoms with E-state index in [2.05, 4.69) is 10.3 Å². The first kappa shape index (κ1) is 18.3. The molecule has 2 aromatic rings. The van der Waals surface area contributed by atoms with Crippen LogP contribution in [0.25, 0.3) is 0 Å². The minimum absolute atomic E-state index is 0.346. The molecule has 0 saturated carbocycles. The van der Waals surface area contributed by atoms with Crippen LogP contribution in [0.2, 0.25) is 0 Å². The number of aryl methyl sites for hydroxylation is 1. The third-order valence-corrected chi connectivity index (χ3v) is 4.27. The van der Waals surface area contributed by atoms with Crippen LogP contribution in [0.1, 0.15) is 12.5 Å². The number of amides is 4. The van der Waals surface area contributed by atoms with Crippen molar-refractivity contribution in [3.63, 3.8) is 0 Å². The lowest BCUT2D eigenvalue weighted by molar-refractivity contribution is -0.131. The Morgan fingerprint density at radius 2 is 1.81 bits per heavy atom. The quantitative estimate of drug-likeness (QED) is 0.652. The fraction of sp³-hybridized carbons (Fsp3) is 0.200. The molecule has 7 heteroatoms. The Morgan fingerprint density at radius 1 is 1.11 bits per heavy atom. The van der Waals surface area contributed by atoms with Gasteiger partial charge in [0.15, 0.2) is 5.92 Å². The molecular weight excluding hydrogens is 346 g/mol. The highest BCUT2D eigenvalue weighted by Gasteiger charge is 2.40. The van der Waals surface area contributed by atoms with Gasteiger partial charge in [0.05, 0.1) is 18.5 Å². The predicted octanol–water partition coefficient (Wildman–Crippen LogP) is 2.86. The molecule has 27 heavy (non-hydrogen) atoms. The van der Waals surface area contributed by atoms with Crippen LogP contribution in [0.15, 0.2) is 53.5 Å². The minimum Gasteiger partial charge on any atom is -0.497 e. The van der Waals surface area contributed by atoms with Gasteiger partial charge in [-0.2, -0.15) is 0 Å². The van der Waals surface area contributed by atoms with Gasteiger partial charge >= 0.3 is 6.03 Å². The molecule has 3 rings (SSSR count). The summed E-state index contributed by atoms with van der Waals surface area (Å²) >= 11 is 0. The monoisotopic (exact) mass is 365 g/mol. The molecule has 7 nitrogen and oxygen atoms in total. The molecule has 1 heterocycles. The van der Waals surface area contributed by atoms with Crippen molar-refractivity contribution in [3.05, 3.63) is 54.1 Å². The SMILES string of the molecule is CCc1ccccc1N=C[C@@H]1C(=O)NC(=O)N(c2ccc(OC)cc2)C1=O. The Bertz CT molecular complexity index is 906. The molecule has 0 bridgehead atoms. The number of imide groups is 2.